The third-order valence-corrected chi connectivity index (χ3v) is 19.8. The van der Waals surface area contributed by atoms with Crippen molar-refractivity contribution in [3.05, 3.63) is 212 Å². The number of benzene rings is 7. The van der Waals surface area contributed by atoms with Crippen LogP contribution in [-0.4, -0.2) is 143 Å². The molecule has 7 aromatic carbocycles. The average Bonchev–Trinajstić information content (AvgIpc) is 1.67. The molecule has 0 saturated heterocycles. The van der Waals surface area contributed by atoms with Gasteiger partial charge in [0.1, 0.15) is 91.3 Å². The highest BCUT2D eigenvalue weighted by Crippen LogP contribution is 2.36. The van der Waals surface area contributed by atoms with Gasteiger partial charge in [0.15, 0.2) is 17.2 Å². The van der Waals surface area contributed by atoms with Crippen LogP contribution in [0.4, 0.5) is 10.1 Å². The van der Waals surface area contributed by atoms with E-state index in [1.165, 1.54) is 59.2 Å². The lowest BCUT2D eigenvalue weighted by Gasteiger charge is -2.16. The van der Waals surface area contributed by atoms with Gasteiger partial charge in [-0.3, -0.25) is 4.79 Å². The lowest BCUT2D eigenvalue weighted by Crippen LogP contribution is -2.17. The Labute approximate surface area is 1010 Å². The van der Waals surface area contributed by atoms with E-state index < -0.39 is 5.91 Å². The smallest absolute Gasteiger partial charge is 0.249 e. The number of rotatable bonds is 44. The first kappa shape index (κ1) is 29.3. The van der Waals surface area contributed by atoms with Crippen molar-refractivity contribution < 1.29 is 381 Å². The van der Waals surface area contributed by atoms with Crippen LogP contribution in [0, 0.1) is 43.0 Å². The van der Waals surface area contributed by atoms with E-state index in [1.807, 2.05) is 55.5 Å². The summed E-state index contributed by atoms with van der Waals surface area (Å²) in [5.41, 5.74) is 17.7. The number of amides is 1. The molecule has 6 unspecified atom stereocenters. The highest BCUT2D eigenvalue weighted by atomic mass is 19.1. The second-order valence-corrected chi connectivity index (χ2v) is 29.8. The highest BCUT2D eigenvalue weighted by Gasteiger charge is 2.19. The number of hydrogen-bond acceptors (Lipinski definition) is 17. The van der Waals surface area contributed by atoms with Crippen molar-refractivity contribution in [3.8, 4) is 51.7 Å². The fourth-order valence-electron chi connectivity index (χ4n) is 11.7. The number of aromatic hydroxyl groups is 2. The number of primary amides is 1. The number of nitrogens with two attached hydrogens (primary N) is 1. The number of allylic oxidation sites excluding steroid dienone is 2. The Morgan fingerprint density at radius 1 is 0.534 bits per heavy atom. The molecule has 0 spiro atoms. The van der Waals surface area contributed by atoms with Gasteiger partial charge in [0, 0.05) is 321 Å². The molecule has 852 valence electrons. The summed E-state index contributed by atoms with van der Waals surface area (Å²) in [5.74, 6) is 7.09. The molecule has 118 heavy (non-hydrogen) atoms. The quantitative estimate of drug-likeness (QED) is 0.0159. The summed E-state index contributed by atoms with van der Waals surface area (Å²) in [4.78, 5) is 14.9. The predicted molar refractivity (Wildman–Crippen MR) is 685 cm³/mol. The van der Waals surface area contributed by atoms with Crippen molar-refractivity contribution in [1.82, 2.24) is 0 Å². The maximum atomic E-state index is 13.1. The van der Waals surface area contributed by atoms with E-state index >= 15 is 0 Å². The predicted octanol–water partition coefficient (Wildman–Crippen LogP) is 44.1. The van der Waals surface area contributed by atoms with E-state index in [0.29, 0.717) is 59.5 Å². The van der Waals surface area contributed by atoms with E-state index in [-0.39, 0.29) is 97.0 Å². The van der Waals surface area contributed by atoms with Crippen LogP contribution in [0.2, 0.25) is 0 Å². The van der Waals surface area contributed by atoms with Crippen LogP contribution < -0.4 is 38.9 Å². The zero-order valence-electron chi connectivity index (χ0n) is 269. The Morgan fingerprint density at radius 2 is 1.05 bits per heavy atom. The second kappa shape index (κ2) is 62.9. The highest BCUT2D eigenvalue weighted by molar-refractivity contribution is 5.95. The van der Waals surface area contributed by atoms with E-state index in [9.17, 15) is 19.4 Å². The molecular weight excluding hydrogens is 1500 g/mol. The summed E-state index contributed by atoms with van der Waals surface area (Å²) >= 11 is 0. The summed E-state index contributed by atoms with van der Waals surface area (Å²) in [7, 11) is 0. The first-order chi connectivity index (χ1) is 155. The number of phenols is 2. The van der Waals surface area contributed by atoms with Crippen LogP contribution in [0.5, 0.6) is 51.7 Å². The van der Waals surface area contributed by atoms with Crippen LogP contribution in [0.1, 0.15) is 520 Å². The number of para-hydroxylation sites is 1. The number of nitrogens with zero attached hydrogens (tertiary/aromatic N) is 1. The van der Waals surface area contributed by atoms with Crippen molar-refractivity contribution in [3.63, 3.8) is 0 Å². The Hall–Kier alpha value is -9.17. The molecule has 6 atom stereocenters. The molecule has 7 aromatic rings. The molecular formula is C98H341FN2O17. The van der Waals surface area contributed by atoms with Gasteiger partial charge in [0.05, 0.1) is 52.8 Å². The van der Waals surface area contributed by atoms with Crippen LogP contribution in [-0.2, 0) is 38.5 Å². The first-order valence-electron chi connectivity index (χ1n) is 141. The summed E-state index contributed by atoms with van der Waals surface area (Å²) in [6.07, 6.45) is 24.5. The van der Waals surface area contributed by atoms with Gasteiger partial charge in [-0.25, -0.2) is 9.24 Å². The lowest BCUT2D eigenvalue weighted by molar-refractivity contribution is 0.0998. The number of fused-ring (bicyclic) bond motifs is 1. The minimum Gasteiger partial charge on any atom is -0.508 e. The van der Waals surface area contributed by atoms with Crippen LogP contribution in [0.15, 0.2) is 139 Å². The van der Waals surface area contributed by atoms with Crippen molar-refractivity contribution in [2.24, 2.45) is 29.4 Å². The monoisotopic (exact) mass is 2230 g/mol. The summed E-state index contributed by atoms with van der Waals surface area (Å²) in [5, 5.41) is 81.0. The number of carbonyl (C=O) groups is 1. The lowest BCUT2D eigenvalue weighted by atomic mass is 9.95. The second-order valence-electron chi connectivity index (χ2n) is 29.8. The van der Waals surface area contributed by atoms with Gasteiger partial charge in [-0.2, -0.15) is 0 Å². The number of carbonyl (C=O) groups excluding carboxylic acids is 1. The summed E-state index contributed by atoms with van der Waals surface area (Å²) < 4.78 is 1030. The minimum absolute atomic E-state index is 0. The van der Waals surface area contributed by atoms with Gasteiger partial charge in [0.2, 0.25) is 5.91 Å². The van der Waals surface area contributed by atoms with Crippen molar-refractivity contribution in [2.75, 3.05) is 79.3 Å². The van der Waals surface area contributed by atoms with Crippen LogP contribution in [0.25, 0.3) is 17.0 Å². The summed E-state index contributed by atoms with van der Waals surface area (Å²) in [6.45, 7) is 37.9. The molecule has 0 bridgehead atoms. The molecule has 1 amide bonds. The van der Waals surface area contributed by atoms with Crippen molar-refractivity contribution in [1.29, 1.82) is 0 Å². The van der Waals surface area contributed by atoms with Gasteiger partial charge in [-0.05, 0) is 222 Å². The molecule has 20 heteroatoms. The summed E-state index contributed by atoms with van der Waals surface area (Å²) in [6, 6.07) is 38.2. The van der Waals surface area contributed by atoms with Gasteiger partial charge in [0.25, 0.3) is 0 Å². The molecule has 0 saturated carbocycles. The topological polar surface area (TPSA) is 294 Å². The number of hydrogen-bond donors (Lipinski definition) is 10. The van der Waals surface area contributed by atoms with Gasteiger partial charge in [-0.1, -0.05) is 193 Å². The van der Waals surface area contributed by atoms with Crippen molar-refractivity contribution in [2.45, 2.75) is 225 Å². The molecule has 0 heterocycles. The Kier molecular flexibility index (Phi) is 15.6. The molecule has 1 aliphatic rings. The van der Waals surface area contributed by atoms with E-state index in [2.05, 4.69) is 124 Å². The standard InChI is InChI=1S/C15H23NO3.C15H21NO2.C15H24O2.C14H19FO2.2C13H20O3.C13H16O2.99H2/c1-3-11(2)7-8-12-13(15(16)18)5-4-6-14(12)19-10-9-17;1-4-12(2)5-6-13-7-8-14(16-3)11-15(13)18-10-9-17;1-4-12(2)5-7-14-8-6-13(3)11-15(14)17-10-9-16;1-3-11(2)4-5-12-6-7-13(15)10-14(12)17-9-8-16;1-3-4-6-11-7-5-8-12(15)13(11)16-10(2)9-14;1-3-4-5-11-8-12(15)6-7-13(11)16-10(2)9-14;1-2-10-8-11-4-3-5-13(12(11)9-10)15-7-6-14;;;;;;;;;;;;;;;;;;;;;;;;;;;;;;;;;;;;;;;;;;;;;;;;;;;;;;;;;;;;;;;;;;;;;;;;;;;;;;;;;;;;;;;;;;;;;;;;;;;/h4-6,11,17H,3,7-10H2,1-2H3,(H2,16,18);7-8,11-12,17H,4-6,9-10H2,1-2H3;6,8,11-12,16H,4-5,7,9-10H2,1-3H3;4-7,10-11,16H,3,8-9H2,1-2H3;5,7-8,10,14-15H,3-4,6,9H2,1-2H3;6-8,10,14-15H,3-5,9H2,1-2H3;3-5,9,14H,2,6-8H2,1H3;99*1H/b;;;5-4+;;;;;;;;;;;;;;;;;;;;;;;;;;;;;;;;;;;;;;;;;;;;;;;;;;;;;;;;;;;;;;;;;;;;;;;;;;;;;;;;;;;;;;;;;;;;;;;;;;;;;;/i;;;;;;;98*1+2T;1+2. The maximum absolute atomic E-state index is 13.1. The SMILES string of the molecule is CCC(C)/C=C/c1ccc(F)cc1OCCO.CCC(C)CCc1c(OCCO)cccc1C(N)=O.CCC(C)CCc1ccc(C)cc1OCCO.CCC1=Cc2c(cccc2OCCO)C1.CCCCc1cc(O)ccc1OC(C)CO.CCCCc1cccc(O)c1OC(C)CO.[3HH].[3H][3H].[3H][3H].[3H][3H].[3H][3H].[3H][3H].[3H][3H].[3H][3H].[3H][3H].[3H][3H].[3H][3H].[3H][3H].[3H][3H].[3H][3H].[3H][3H].[3H][3H].[3H][3H].[3H][3H].[3H][3H].[3H][3H].[3H][3H].[3H][3H].[3H][3H].[3H][3H].[3H][3H].[3H][3H].[3H][3H].[3H][3H].[3H][3H].[3H][3H].[3H][3H].[3H][3H].[3H][3H].[3H][3H].[3H][3H].[3H][3H].[3H][3H].[3H][3H].[3H][3H].[3H][3H].[3H][3H].[3H][3H].[3H][3H].[3H][3H].[3H][3H].[3H][3H].[3H][3H].[3H][3H].[3H][3H].[3H][3H].[3H][3H].[3H][3H].[3H][3H].[3H][3H].[3H][3H].[3H][3H].[3H][3H].[3H][3H].[3H][3H].[3H][3H].[3H][3H].[3H][3H].[3H][3H].[3H][3H].[3H][3H].[3H][3H].[3H][3H].[3H][3H].[3H][3H].[3H][3H].[3H][3H].[3H][3H].[3H][3H].[3H][3H].[3H][3H].[3H][3H].[3H][3H].[3H][3H].[3H][3H].[3H][3H].[3H][3H].[3H][3H].[3H][3H].[3H][3H].[3H][3H].[3H][3H].[3H][3H].[3H][3H].[3H][3H].[3H][3H].[3H][3H].[3H][3H].[3H][3H].[3H][3H].[3H][3H].[3H][3H].[3H][3H].[3H][3H].[3H][3H].[C-]#[N+]c1ccc(CCC(C)CC)c(OCCO)c1. The zero-order valence-corrected chi connectivity index (χ0v) is 73.2. The molecule has 11 N–H and O–H groups in total. The average molecular weight is 2240 g/mol. The fourth-order valence-corrected chi connectivity index (χ4v) is 11.7. The Bertz CT molecular complexity index is 4280. The van der Waals surface area contributed by atoms with Gasteiger partial charge < -0.3 is 84.9 Å². The minimum atomic E-state index is -0.436. The Balaban J connectivity index is -0.0000000161. The number of halogens is 1. The third-order valence-electron chi connectivity index (χ3n) is 19.8. The molecule has 0 radical (unpaired) electrons. The number of aliphatic hydroxyl groups excluding tert-OH is 7. The van der Waals surface area contributed by atoms with Crippen molar-refractivity contribution >= 4 is 23.7 Å². The molecule has 0 aromatic heterocycles. The number of unbranched alkanes of at least 4 members (excludes halogenated alkanes) is 2. The Morgan fingerprint density at radius 3 is 1.59 bits per heavy atom. The van der Waals surface area contributed by atoms with Crippen LogP contribution >= 0.6 is 0 Å². The largest absolute Gasteiger partial charge is 0.508 e. The maximum Gasteiger partial charge on any atom is 0.249 e. The molecule has 0 aliphatic heterocycles. The first-order valence-corrected chi connectivity index (χ1v) is 42.5. The number of aliphatic hydroxyl groups is 7. The normalized spacial score (nSPS) is 19.2. The van der Waals surface area contributed by atoms with E-state index in [4.69, 9.17) is 372 Å². The number of aryl methyl sites for hydroxylation is 5. The third kappa shape index (κ3) is 42.0. The van der Waals surface area contributed by atoms with E-state index in [1.54, 1.807) is 55.5 Å². The van der Waals surface area contributed by atoms with E-state index in [0.717, 1.165) is 153 Å². The molecule has 19 nitrogen and oxygen atoms in total. The number of phenolic OH excluding ortho intramolecular Hbond substituents is 2. The van der Waals surface area contributed by atoms with Gasteiger partial charge in [-0.15, -0.1) is 0 Å². The zero-order chi connectivity index (χ0) is 284. The molecule has 8 rings (SSSR count). The van der Waals surface area contributed by atoms with Crippen LogP contribution in [0.3, 0.4) is 0 Å². The molecule has 1 aliphatic carbocycles. The fraction of sp³-hybridized carbons (Fsp3) is 0.510. The molecule has 0 fully saturated rings. The van der Waals surface area contributed by atoms with Gasteiger partial charge >= 0.3 is 0 Å². The number of ether oxygens (including phenoxy) is 7.